The first-order valence-corrected chi connectivity index (χ1v) is 7.97. The van der Waals surface area contributed by atoms with E-state index < -0.39 is 11.8 Å². The Morgan fingerprint density at radius 2 is 2.00 bits per heavy atom. The highest BCUT2D eigenvalue weighted by atomic mass is 16.5. The highest BCUT2D eigenvalue weighted by Crippen LogP contribution is 2.39. The van der Waals surface area contributed by atoms with Crippen LogP contribution in [0, 0.1) is 6.92 Å². The number of nitrogens with zero attached hydrogens (tertiary/aromatic N) is 1. The van der Waals surface area contributed by atoms with Gasteiger partial charge in [-0.1, -0.05) is 28.9 Å². The van der Waals surface area contributed by atoms with E-state index in [-0.39, 0.29) is 17.9 Å². The van der Waals surface area contributed by atoms with Crippen molar-refractivity contribution >= 4 is 17.5 Å². The minimum Gasteiger partial charge on any atom is -0.488 e. The molecule has 0 saturated carbocycles. The third kappa shape index (κ3) is 2.59. The number of hydrogen-bond donors (Lipinski definition) is 2. The van der Waals surface area contributed by atoms with Crippen LogP contribution >= 0.6 is 0 Å². The molecule has 0 radical (unpaired) electrons. The summed E-state index contributed by atoms with van der Waals surface area (Å²) in [5.41, 5.74) is 8.36. The highest BCUT2D eigenvalue weighted by molar-refractivity contribution is 6.09. The van der Waals surface area contributed by atoms with Gasteiger partial charge in [-0.05, 0) is 31.2 Å². The first kappa shape index (κ1) is 15.9. The van der Waals surface area contributed by atoms with Crippen molar-refractivity contribution in [3.8, 4) is 17.1 Å². The number of primary amides is 1. The number of para-hydroxylation sites is 1. The second-order valence-electron chi connectivity index (χ2n) is 5.99. The van der Waals surface area contributed by atoms with Crippen LogP contribution in [-0.4, -0.2) is 17.0 Å². The molecule has 0 atom stereocenters. The molecule has 0 saturated heterocycles. The number of ether oxygens (including phenoxy) is 1. The topological polar surface area (TPSA) is 107 Å². The van der Waals surface area contributed by atoms with Crippen LogP contribution in [0.15, 0.2) is 47.0 Å². The number of carbonyl (C=O) groups excluding carboxylic acids is 2. The van der Waals surface area contributed by atoms with Gasteiger partial charge in [0, 0.05) is 0 Å². The Labute approximate surface area is 148 Å². The summed E-state index contributed by atoms with van der Waals surface area (Å²) in [5.74, 6) is 0.0767. The molecule has 130 valence electrons. The Morgan fingerprint density at radius 1 is 1.19 bits per heavy atom. The van der Waals surface area contributed by atoms with E-state index in [1.54, 1.807) is 24.3 Å². The second kappa shape index (κ2) is 6.03. The zero-order valence-electron chi connectivity index (χ0n) is 13.9. The van der Waals surface area contributed by atoms with Gasteiger partial charge in [0.25, 0.3) is 11.8 Å². The lowest BCUT2D eigenvalue weighted by Gasteiger charge is -2.16. The van der Waals surface area contributed by atoms with Crippen molar-refractivity contribution in [3.05, 3.63) is 64.8 Å². The summed E-state index contributed by atoms with van der Waals surface area (Å²) >= 11 is 0. The van der Waals surface area contributed by atoms with Crippen molar-refractivity contribution in [3.63, 3.8) is 0 Å². The fraction of sp³-hybridized carbons (Fsp3) is 0.105. The Morgan fingerprint density at radius 3 is 2.81 bits per heavy atom. The maximum atomic E-state index is 12.7. The summed E-state index contributed by atoms with van der Waals surface area (Å²) in [6.45, 7) is 2.13. The molecule has 4 rings (SSSR count). The summed E-state index contributed by atoms with van der Waals surface area (Å²) in [6, 6.07) is 12.2. The fourth-order valence-corrected chi connectivity index (χ4v) is 2.92. The van der Waals surface area contributed by atoms with Crippen molar-refractivity contribution in [2.75, 3.05) is 5.32 Å². The number of rotatable bonds is 3. The van der Waals surface area contributed by atoms with E-state index in [1.807, 2.05) is 25.1 Å². The van der Waals surface area contributed by atoms with E-state index in [9.17, 15) is 9.59 Å². The van der Waals surface area contributed by atoms with Crippen molar-refractivity contribution < 1.29 is 18.8 Å². The number of nitrogens with two attached hydrogens (primary N) is 1. The Hall–Kier alpha value is -3.61. The van der Waals surface area contributed by atoms with Crippen LogP contribution in [0.4, 0.5) is 5.69 Å². The third-order valence-electron chi connectivity index (χ3n) is 4.20. The minimum absolute atomic E-state index is 0.117. The van der Waals surface area contributed by atoms with Gasteiger partial charge in [-0.2, -0.15) is 0 Å². The van der Waals surface area contributed by atoms with Gasteiger partial charge >= 0.3 is 0 Å². The van der Waals surface area contributed by atoms with Gasteiger partial charge in [0.1, 0.15) is 12.4 Å². The number of nitrogens with one attached hydrogen (secondary N) is 1. The molecule has 2 heterocycles. The maximum absolute atomic E-state index is 12.7. The Kier molecular flexibility index (Phi) is 3.69. The molecule has 1 aromatic heterocycles. The van der Waals surface area contributed by atoms with Gasteiger partial charge in [-0.25, -0.2) is 0 Å². The van der Waals surface area contributed by atoms with E-state index in [0.717, 1.165) is 11.1 Å². The first-order valence-electron chi connectivity index (χ1n) is 7.97. The molecular formula is C19H15N3O4. The Bertz CT molecular complexity index is 1040. The third-order valence-corrected chi connectivity index (χ3v) is 4.20. The predicted octanol–water partition coefficient (Wildman–Crippen LogP) is 2.89. The molecule has 0 aliphatic carbocycles. The van der Waals surface area contributed by atoms with Gasteiger partial charge in [0.15, 0.2) is 11.5 Å². The molecule has 3 aromatic rings. The summed E-state index contributed by atoms with van der Waals surface area (Å²) in [5, 5.41) is 6.58. The number of aromatic nitrogens is 1. The molecule has 1 aliphatic rings. The van der Waals surface area contributed by atoms with Crippen LogP contribution in [0.2, 0.25) is 0 Å². The van der Waals surface area contributed by atoms with Crippen molar-refractivity contribution in [1.82, 2.24) is 5.16 Å². The van der Waals surface area contributed by atoms with Gasteiger partial charge in [0.05, 0.1) is 22.4 Å². The molecule has 7 heteroatoms. The average Bonchev–Trinajstić information content (AvgIpc) is 3.06. The molecule has 0 unspecified atom stereocenters. The van der Waals surface area contributed by atoms with Gasteiger partial charge in [-0.3, -0.25) is 9.59 Å². The zero-order valence-corrected chi connectivity index (χ0v) is 13.9. The van der Waals surface area contributed by atoms with E-state index in [2.05, 4.69) is 10.5 Å². The molecular weight excluding hydrogens is 334 g/mol. The molecule has 0 fully saturated rings. The van der Waals surface area contributed by atoms with E-state index in [1.165, 1.54) is 0 Å². The second-order valence-corrected chi connectivity index (χ2v) is 5.99. The van der Waals surface area contributed by atoms with Crippen molar-refractivity contribution in [2.24, 2.45) is 5.73 Å². The molecule has 2 aromatic carbocycles. The van der Waals surface area contributed by atoms with Crippen LogP contribution in [0.25, 0.3) is 11.3 Å². The summed E-state index contributed by atoms with van der Waals surface area (Å²) in [4.78, 5) is 24.2. The monoisotopic (exact) mass is 349 g/mol. The molecule has 2 amide bonds. The van der Waals surface area contributed by atoms with E-state index >= 15 is 0 Å². The quantitative estimate of drug-likeness (QED) is 0.756. The van der Waals surface area contributed by atoms with Crippen LogP contribution in [0.1, 0.15) is 32.0 Å². The molecule has 7 nitrogen and oxygen atoms in total. The highest BCUT2D eigenvalue weighted by Gasteiger charge is 2.29. The number of carbonyl (C=O) groups is 2. The van der Waals surface area contributed by atoms with Crippen LogP contribution in [0.5, 0.6) is 5.75 Å². The van der Waals surface area contributed by atoms with Gasteiger partial charge in [0.2, 0.25) is 0 Å². The smallest absolute Gasteiger partial charge is 0.278 e. The van der Waals surface area contributed by atoms with Crippen molar-refractivity contribution in [1.29, 1.82) is 0 Å². The molecule has 26 heavy (non-hydrogen) atoms. The van der Waals surface area contributed by atoms with E-state index in [4.69, 9.17) is 15.0 Å². The fourth-order valence-electron chi connectivity index (χ4n) is 2.92. The normalized spacial score (nSPS) is 11.9. The lowest BCUT2D eigenvalue weighted by molar-refractivity contribution is 0.100. The summed E-state index contributed by atoms with van der Waals surface area (Å²) < 4.78 is 11.1. The number of fused-ring (bicyclic) bond motifs is 3. The lowest BCUT2D eigenvalue weighted by Crippen LogP contribution is -2.20. The van der Waals surface area contributed by atoms with E-state index in [0.29, 0.717) is 22.8 Å². The van der Waals surface area contributed by atoms with Crippen molar-refractivity contribution in [2.45, 2.75) is 13.5 Å². The average molecular weight is 349 g/mol. The number of aryl methyl sites for hydroxylation is 1. The van der Waals surface area contributed by atoms with Crippen LogP contribution in [-0.2, 0) is 6.61 Å². The lowest BCUT2D eigenvalue weighted by atomic mass is 10.0. The minimum atomic E-state index is -0.629. The standard InChI is InChI=1S/C19H15N3O4/c1-10-6-7-15-12(8-10)17-13(9-25-15)16(22-26-17)19(24)21-14-5-3-2-4-11(14)18(20)23/h2-8H,9H2,1H3,(H2,20,23)(H,21,24). The van der Waals surface area contributed by atoms with Gasteiger partial charge < -0.3 is 20.3 Å². The largest absolute Gasteiger partial charge is 0.488 e. The molecule has 1 aliphatic heterocycles. The zero-order chi connectivity index (χ0) is 18.3. The predicted molar refractivity (Wildman–Crippen MR) is 93.9 cm³/mol. The molecule has 0 spiro atoms. The number of amides is 2. The Balaban J connectivity index is 1.69. The number of hydrogen-bond acceptors (Lipinski definition) is 5. The number of benzene rings is 2. The molecule has 3 N–H and O–H groups in total. The first-order chi connectivity index (χ1) is 12.5. The maximum Gasteiger partial charge on any atom is 0.278 e. The van der Waals surface area contributed by atoms with Crippen LogP contribution < -0.4 is 15.8 Å². The number of anilines is 1. The van der Waals surface area contributed by atoms with Gasteiger partial charge in [-0.15, -0.1) is 0 Å². The van der Waals surface area contributed by atoms with Crippen LogP contribution in [0.3, 0.4) is 0 Å². The summed E-state index contributed by atoms with van der Waals surface area (Å²) in [6.07, 6.45) is 0. The molecule has 0 bridgehead atoms. The summed E-state index contributed by atoms with van der Waals surface area (Å²) in [7, 11) is 0. The SMILES string of the molecule is Cc1ccc2c(c1)-c1onc(C(=O)Nc3ccccc3C(N)=O)c1CO2.